The summed E-state index contributed by atoms with van der Waals surface area (Å²) in [6.07, 6.45) is 1.43. The van der Waals surface area contributed by atoms with E-state index in [2.05, 4.69) is 39.4 Å². The highest BCUT2D eigenvalue weighted by atomic mass is 32.2. The van der Waals surface area contributed by atoms with Gasteiger partial charge in [0.1, 0.15) is 6.04 Å². The Hall–Kier alpha value is -3.73. The zero-order valence-electron chi connectivity index (χ0n) is 26.1. The Bertz CT molecular complexity index is 1410. The molecule has 10 heteroatoms. The Morgan fingerprint density at radius 3 is 2.14 bits per heavy atom. The molecule has 0 aromatic heterocycles. The third-order valence-corrected chi connectivity index (χ3v) is 8.98. The minimum Gasteiger partial charge on any atom is -0.351 e. The Morgan fingerprint density at radius 1 is 0.773 bits per heavy atom. The van der Waals surface area contributed by atoms with E-state index in [1.54, 1.807) is 0 Å². The smallest absolute Gasteiger partial charge is 0.315 e. The van der Waals surface area contributed by atoms with Crippen LogP contribution in [0.1, 0.15) is 50.3 Å². The normalized spacial score (nSPS) is 12.1. The summed E-state index contributed by atoms with van der Waals surface area (Å²) >= 11 is 0. The minimum atomic E-state index is -3.65. The van der Waals surface area contributed by atoms with Crippen LogP contribution in [0.3, 0.4) is 0 Å². The molecule has 0 saturated heterocycles. The lowest BCUT2D eigenvalue weighted by Gasteiger charge is -2.20. The number of carbonyl (C=O) groups excluding carboxylic acids is 2. The lowest BCUT2D eigenvalue weighted by molar-refractivity contribution is -0.123. The predicted molar refractivity (Wildman–Crippen MR) is 178 cm³/mol. The second-order valence-corrected chi connectivity index (χ2v) is 12.6. The molecule has 0 aliphatic carbocycles. The second kappa shape index (κ2) is 18.2. The summed E-state index contributed by atoms with van der Waals surface area (Å²) in [5.74, 6) is -0.375. The van der Waals surface area contributed by atoms with E-state index in [-0.39, 0.29) is 24.2 Å². The number of amides is 3. The lowest BCUT2D eigenvalue weighted by Crippen LogP contribution is -2.47. The van der Waals surface area contributed by atoms with E-state index < -0.39 is 16.1 Å². The summed E-state index contributed by atoms with van der Waals surface area (Å²) in [5.41, 5.74) is 4.93. The number of hydrogen-bond donors (Lipinski definition) is 4. The molecule has 0 bridgehead atoms. The van der Waals surface area contributed by atoms with Gasteiger partial charge in [0.25, 0.3) is 0 Å². The van der Waals surface area contributed by atoms with Gasteiger partial charge in [-0.2, -0.15) is 0 Å². The Labute approximate surface area is 262 Å². The first-order valence-corrected chi connectivity index (χ1v) is 17.1. The maximum absolute atomic E-state index is 13.3. The van der Waals surface area contributed by atoms with Crippen molar-refractivity contribution in [3.63, 3.8) is 0 Å². The van der Waals surface area contributed by atoms with Crippen LogP contribution in [0.5, 0.6) is 0 Å². The average molecular weight is 622 g/mol. The molecule has 4 N–H and O–H groups in total. The zero-order valence-corrected chi connectivity index (χ0v) is 27.0. The van der Waals surface area contributed by atoms with Crippen LogP contribution in [0.15, 0.2) is 78.9 Å². The maximum Gasteiger partial charge on any atom is 0.315 e. The standard InChI is InChI=1S/C34H47N5O4S/c1-4-35-34(41)37-26-30-15-10-11-16-31(30)29-20-17-28(18-21-29)25-36-33(40)32(22-19-27-13-8-7-9-14-27)38-44(42,43)24-12-23-39(5-2)6-3/h7-11,13-18,20-21,32,38H,4-6,12,19,22-26H2,1-3H3,(H,36,40)(H2,35,37,41)/t32-/m1/s1. The maximum atomic E-state index is 13.3. The molecule has 3 aromatic carbocycles. The molecule has 0 aliphatic rings. The molecule has 9 nitrogen and oxygen atoms in total. The number of rotatable bonds is 18. The van der Waals surface area contributed by atoms with Crippen LogP contribution < -0.4 is 20.7 Å². The topological polar surface area (TPSA) is 120 Å². The summed E-state index contributed by atoms with van der Waals surface area (Å²) < 4.78 is 28.6. The number of nitrogens with one attached hydrogen (secondary N) is 4. The monoisotopic (exact) mass is 621 g/mol. The van der Waals surface area contributed by atoms with Crippen LogP contribution in [-0.2, 0) is 34.3 Å². The van der Waals surface area contributed by atoms with Crippen LogP contribution >= 0.6 is 0 Å². The lowest BCUT2D eigenvalue weighted by atomic mass is 9.98. The van der Waals surface area contributed by atoms with Gasteiger partial charge in [-0.05, 0) is 73.6 Å². The molecule has 238 valence electrons. The van der Waals surface area contributed by atoms with Gasteiger partial charge >= 0.3 is 6.03 Å². The molecule has 3 amide bonds. The second-order valence-electron chi connectivity index (χ2n) is 10.7. The van der Waals surface area contributed by atoms with Gasteiger partial charge < -0.3 is 20.9 Å². The van der Waals surface area contributed by atoms with Crippen LogP contribution in [0.25, 0.3) is 11.1 Å². The first-order chi connectivity index (χ1) is 21.2. The third-order valence-electron chi connectivity index (χ3n) is 7.51. The third kappa shape index (κ3) is 11.7. The fourth-order valence-electron chi connectivity index (χ4n) is 4.96. The van der Waals surface area contributed by atoms with E-state index in [1.807, 2.05) is 85.8 Å². The summed E-state index contributed by atoms with van der Waals surface area (Å²) in [5, 5.41) is 8.55. The average Bonchev–Trinajstić information content (AvgIpc) is 3.04. The molecule has 3 aromatic rings. The molecule has 0 aliphatic heterocycles. The Morgan fingerprint density at radius 2 is 1.45 bits per heavy atom. The number of urea groups is 1. The number of hydrogen-bond acceptors (Lipinski definition) is 5. The van der Waals surface area contributed by atoms with E-state index >= 15 is 0 Å². The van der Waals surface area contributed by atoms with E-state index in [1.165, 1.54) is 0 Å². The van der Waals surface area contributed by atoms with Crippen LogP contribution in [0.4, 0.5) is 4.79 Å². The minimum absolute atomic E-state index is 0.0274. The number of aryl methyl sites for hydroxylation is 1. The SMILES string of the molecule is CCNC(=O)NCc1ccccc1-c1ccc(CNC(=O)[C@@H](CCc2ccccc2)NS(=O)(=O)CCCN(CC)CC)cc1. The van der Waals surface area contributed by atoms with Gasteiger partial charge in [-0.15, -0.1) is 0 Å². The van der Waals surface area contributed by atoms with Crippen molar-refractivity contribution in [1.82, 2.24) is 25.6 Å². The molecule has 44 heavy (non-hydrogen) atoms. The van der Waals surface area contributed by atoms with E-state index in [4.69, 9.17) is 0 Å². The van der Waals surface area contributed by atoms with Crippen molar-refractivity contribution in [3.05, 3.63) is 95.6 Å². The first kappa shape index (κ1) is 34.8. The quantitative estimate of drug-likeness (QED) is 0.168. The summed E-state index contributed by atoms with van der Waals surface area (Å²) in [6.45, 7) is 9.64. The van der Waals surface area contributed by atoms with Crippen LogP contribution in [0, 0.1) is 0 Å². The van der Waals surface area contributed by atoms with Crippen molar-refractivity contribution < 1.29 is 18.0 Å². The summed E-state index contributed by atoms with van der Waals surface area (Å²) in [7, 11) is -3.65. The van der Waals surface area contributed by atoms with E-state index in [9.17, 15) is 18.0 Å². The van der Waals surface area contributed by atoms with Gasteiger partial charge in [0.2, 0.25) is 15.9 Å². The molecule has 3 rings (SSSR count). The molecule has 0 spiro atoms. The predicted octanol–water partition coefficient (Wildman–Crippen LogP) is 4.44. The summed E-state index contributed by atoms with van der Waals surface area (Å²) in [4.78, 5) is 27.4. The Kier molecular flexibility index (Phi) is 14.3. The van der Waals surface area contributed by atoms with Gasteiger partial charge in [0, 0.05) is 19.6 Å². The summed E-state index contributed by atoms with van der Waals surface area (Å²) in [6, 6.07) is 24.4. The highest BCUT2D eigenvalue weighted by Crippen LogP contribution is 2.24. The first-order valence-electron chi connectivity index (χ1n) is 15.5. The molecular weight excluding hydrogens is 574 g/mol. The molecule has 0 fully saturated rings. The zero-order chi connectivity index (χ0) is 31.8. The van der Waals surface area contributed by atoms with Gasteiger partial charge in [-0.25, -0.2) is 17.9 Å². The largest absolute Gasteiger partial charge is 0.351 e. The van der Waals surface area contributed by atoms with Crippen LogP contribution in [-0.4, -0.2) is 63.2 Å². The number of nitrogens with zero attached hydrogens (tertiary/aromatic N) is 1. The van der Waals surface area contributed by atoms with Gasteiger partial charge in [-0.3, -0.25) is 4.79 Å². The van der Waals surface area contributed by atoms with E-state index in [0.29, 0.717) is 38.9 Å². The molecule has 0 saturated carbocycles. The molecule has 0 unspecified atom stereocenters. The van der Waals surface area contributed by atoms with Crippen molar-refractivity contribution in [2.45, 2.75) is 59.2 Å². The van der Waals surface area contributed by atoms with Gasteiger partial charge in [0.15, 0.2) is 0 Å². The highest BCUT2D eigenvalue weighted by Gasteiger charge is 2.24. The fraction of sp³-hybridized carbons (Fsp3) is 0.412. The van der Waals surface area contributed by atoms with Crippen molar-refractivity contribution in [1.29, 1.82) is 0 Å². The van der Waals surface area contributed by atoms with Gasteiger partial charge in [0.05, 0.1) is 5.75 Å². The molecule has 0 radical (unpaired) electrons. The van der Waals surface area contributed by atoms with Crippen molar-refractivity contribution in [2.24, 2.45) is 0 Å². The number of sulfonamides is 1. The molecular formula is C34H47N5O4S. The molecule has 1 atom stereocenters. The highest BCUT2D eigenvalue weighted by molar-refractivity contribution is 7.89. The fourth-order valence-corrected chi connectivity index (χ4v) is 6.25. The Balaban J connectivity index is 1.64. The van der Waals surface area contributed by atoms with Crippen molar-refractivity contribution >= 4 is 22.0 Å². The van der Waals surface area contributed by atoms with Crippen molar-refractivity contribution in [3.8, 4) is 11.1 Å². The van der Waals surface area contributed by atoms with E-state index in [0.717, 1.165) is 40.9 Å². The van der Waals surface area contributed by atoms with Crippen molar-refractivity contribution in [2.75, 3.05) is 31.9 Å². The van der Waals surface area contributed by atoms with Crippen LogP contribution in [0.2, 0.25) is 0 Å². The molecule has 0 heterocycles. The number of carbonyl (C=O) groups is 2. The number of benzene rings is 3. The van der Waals surface area contributed by atoms with Gasteiger partial charge in [-0.1, -0.05) is 92.7 Å².